The van der Waals surface area contributed by atoms with E-state index in [9.17, 15) is 5.11 Å². The Labute approximate surface area is 107 Å². The summed E-state index contributed by atoms with van der Waals surface area (Å²) in [5.41, 5.74) is 0. The van der Waals surface area contributed by atoms with Crippen molar-refractivity contribution in [2.24, 2.45) is 5.92 Å². The minimum Gasteiger partial charge on any atom is -0.395 e. The average molecular weight is 262 g/mol. The highest BCUT2D eigenvalue weighted by Crippen LogP contribution is 2.27. The van der Waals surface area contributed by atoms with E-state index in [-0.39, 0.29) is 18.7 Å². The number of aliphatic hydroxyl groups excluding tert-OH is 1. The second-order valence-corrected chi connectivity index (χ2v) is 5.95. The fourth-order valence-corrected chi connectivity index (χ4v) is 2.72. The number of hydrogen-bond acceptors (Lipinski definition) is 3. The predicted molar refractivity (Wildman–Crippen MR) is 71.2 cm³/mol. The summed E-state index contributed by atoms with van der Waals surface area (Å²) in [6, 6.07) is 4.34. The Balaban J connectivity index is 2.58. The molecule has 4 heteroatoms. The first kappa shape index (κ1) is 14.0. The topological polar surface area (TPSA) is 32.3 Å². The van der Waals surface area contributed by atoms with E-state index in [1.54, 1.807) is 11.3 Å². The molecule has 2 nitrogen and oxygen atoms in total. The smallest absolute Gasteiger partial charge is 0.0931 e. The molecule has 0 aliphatic rings. The fraction of sp³-hybridized carbons (Fsp3) is 0.667. The summed E-state index contributed by atoms with van der Waals surface area (Å²) in [4.78, 5) is 1.21. The maximum atomic E-state index is 9.34. The van der Waals surface area contributed by atoms with Gasteiger partial charge in [0.1, 0.15) is 0 Å². The zero-order valence-corrected chi connectivity index (χ0v) is 11.6. The van der Waals surface area contributed by atoms with Crippen LogP contribution in [-0.2, 0) is 0 Å². The van der Waals surface area contributed by atoms with E-state index >= 15 is 0 Å². The first-order valence-corrected chi connectivity index (χ1v) is 6.90. The van der Waals surface area contributed by atoms with Gasteiger partial charge in [0, 0.05) is 17.0 Å². The molecule has 0 bridgehead atoms. The molecule has 1 aromatic heterocycles. The quantitative estimate of drug-likeness (QED) is 0.822. The van der Waals surface area contributed by atoms with Crippen molar-refractivity contribution in [1.29, 1.82) is 0 Å². The van der Waals surface area contributed by atoms with E-state index in [0.29, 0.717) is 5.92 Å². The molecule has 16 heavy (non-hydrogen) atoms. The van der Waals surface area contributed by atoms with Gasteiger partial charge in [-0.2, -0.15) is 0 Å². The Hall–Kier alpha value is -0.0900. The van der Waals surface area contributed by atoms with Crippen LogP contribution in [0.2, 0.25) is 4.34 Å². The Bertz CT molecular complexity index is 316. The lowest BCUT2D eigenvalue weighted by atomic mass is 9.99. The molecule has 1 heterocycles. The van der Waals surface area contributed by atoms with Gasteiger partial charge >= 0.3 is 0 Å². The molecule has 0 fully saturated rings. The van der Waals surface area contributed by atoms with Gasteiger partial charge in [-0.1, -0.05) is 31.9 Å². The summed E-state index contributed by atoms with van der Waals surface area (Å²) in [6.45, 7) is 6.58. The third-order valence-corrected chi connectivity index (χ3v) is 4.43. The number of halogens is 1. The second kappa shape index (κ2) is 6.60. The molecular formula is C12H20ClNOS. The molecule has 3 atom stereocenters. The van der Waals surface area contributed by atoms with E-state index < -0.39 is 0 Å². The maximum absolute atomic E-state index is 9.34. The Morgan fingerprint density at radius 1 is 1.44 bits per heavy atom. The van der Waals surface area contributed by atoms with Crippen molar-refractivity contribution in [3.8, 4) is 0 Å². The lowest BCUT2D eigenvalue weighted by molar-refractivity contribution is 0.193. The summed E-state index contributed by atoms with van der Waals surface area (Å²) >= 11 is 7.50. The van der Waals surface area contributed by atoms with Crippen LogP contribution in [0, 0.1) is 5.92 Å². The summed E-state index contributed by atoms with van der Waals surface area (Å²) in [7, 11) is 0. The molecule has 1 aromatic rings. The SMILES string of the molecule is CCC(C)C(CO)NC(C)c1ccc(Cl)s1. The largest absolute Gasteiger partial charge is 0.395 e. The van der Waals surface area contributed by atoms with Gasteiger partial charge in [0.2, 0.25) is 0 Å². The third kappa shape index (κ3) is 3.74. The number of nitrogens with one attached hydrogen (secondary N) is 1. The highest BCUT2D eigenvalue weighted by molar-refractivity contribution is 7.16. The number of rotatable bonds is 6. The lowest BCUT2D eigenvalue weighted by Crippen LogP contribution is -2.39. The zero-order chi connectivity index (χ0) is 12.1. The van der Waals surface area contributed by atoms with E-state index in [4.69, 9.17) is 11.6 Å². The average Bonchev–Trinajstić information content (AvgIpc) is 2.71. The van der Waals surface area contributed by atoms with Crippen molar-refractivity contribution in [2.45, 2.75) is 39.3 Å². The normalized spacial score (nSPS) is 17.1. The van der Waals surface area contributed by atoms with E-state index in [1.807, 2.05) is 12.1 Å². The molecule has 92 valence electrons. The van der Waals surface area contributed by atoms with Crippen LogP contribution in [0.4, 0.5) is 0 Å². The van der Waals surface area contributed by atoms with Gasteiger partial charge in [-0.05, 0) is 25.0 Å². The first-order valence-electron chi connectivity index (χ1n) is 5.70. The standard InChI is InChI=1S/C12H20ClNOS/c1-4-8(2)10(7-15)14-9(3)11-5-6-12(13)16-11/h5-6,8-10,14-15H,4,7H2,1-3H3. The van der Waals surface area contributed by atoms with Crippen molar-refractivity contribution in [2.75, 3.05) is 6.61 Å². The Morgan fingerprint density at radius 3 is 2.56 bits per heavy atom. The van der Waals surface area contributed by atoms with Crippen LogP contribution < -0.4 is 5.32 Å². The minimum atomic E-state index is 0.154. The summed E-state index contributed by atoms with van der Waals surface area (Å²) < 4.78 is 0.813. The van der Waals surface area contributed by atoms with Crippen molar-refractivity contribution in [1.82, 2.24) is 5.32 Å². The molecular weight excluding hydrogens is 242 g/mol. The number of aliphatic hydroxyl groups is 1. The molecule has 0 spiro atoms. The van der Waals surface area contributed by atoms with E-state index in [1.165, 1.54) is 4.88 Å². The third-order valence-electron chi connectivity index (χ3n) is 3.01. The molecule has 0 saturated carbocycles. The highest BCUT2D eigenvalue weighted by Gasteiger charge is 2.18. The van der Waals surface area contributed by atoms with Gasteiger partial charge in [0.05, 0.1) is 10.9 Å². The highest BCUT2D eigenvalue weighted by atomic mass is 35.5. The molecule has 0 saturated heterocycles. The second-order valence-electron chi connectivity index (χ2n) is 4.20. The van der Waals surface area contributed by atoms with Gasteiger partial charge < -0.3 is 10.4 Å². The van der Waals surface area contributed by atoms with Gasteiger partial charge in [0.15, 0.2) is 0 Å². The lowest BCUT2D eigenvalue weighted by Gasteiger charge is -2.25. The molecule has 1 rings (SSSR count). The van der Waals surface area contributed by atoms with Gasteiger partial charge in [-0.15, -0.1) is 11.3 Å². The number of hydrogen-bond donors (Lipinski definition) is 2. The van der Waals surface area contributed by atoms with Crippen LogP contribution in [0.5, 0.6) is 0 Å². The molecule has 2 N–H and O–H groups in total. The summed E-state index contributed by atoms with van der Waals surface area (Å²) in [5.74, 6) is 0.475. The summed E-state index contributed by atoms with van der Waals surface area (Å²) in [6.07, 6.45) is 1.07. The summed E-state index contributed by atoms with van der Waals surface area (Å²) in [5, 5.41) is 12.8. The van der Waals surface area contributed by atoms with Crippen LogP contribution in [0.15, 0.2) is 12.1 Å². The fourth-order valence-electron chi connectivity index (χ4n) is 1.65. The maximum Gasteiger partial charge on any atom is 0.0931 e. The van der Waals surface area contributed by atoms with Crippen LogP contribution in [-0.4, -0.2) is 17.8 Å². The molecule has 0 aliphatic heterocycles. The molecule has 0 amide bonds. The van der Waals surface area contributed by atoms with Crippen molar-refractivity contribution < 1.29 is 5.11 Å². The van der Waals surface area contributed by atoms with Crippen molar-refractivity contribution in [3.05, 3.63) is 21.3 Å². The molecule has 3 unspecified atom stereocenters. The van der Waals surface area contributed by atoms with E-state index in [2.05, 4.69) is 26.1 Å². The van der Waals surface area contributed by atoms with Gasteiger partial charge in [-0.25, -0.2) is 0 Å². The first-order chi connectivity index (χ1) is 7.58. The van der Waals surface area contributed by atoms with Crippen LogP contribution in [0.1, 0.15) is 38.1 Å². The monoisotopic (exact) mass is 261 g/mol. The van der Waals surface area contributed by atoms with Gasteiger partial charge in [0.25, 0.3) is 0 Å². The van der Waals surface area contributed by atoms with Crippen molar-refractivity contribution in [3.63, 3.8) is 0 Å². The molecule has 0 aromatic carbocycles. The van der Waals surface area contributed by atoms with Crippen molar-refractivity contribution >= 4 is 22.9 Å². The van der Waals surface area contributed by atoms with Crippen LogP contribution in [0.25, 0.3) is 0 Å². The number of thiophene rings is 1. The predicted octanol–water partition coefficient (Wildman–Crippen LogP) is 3.46. The zero-order valence-electron chi connectivity index (χ0n) is 10.0. The van der Waals surface area contributed by atoms with Gasteiger partial charge in [-0.3, -0.25) is 0 Å². The Kier molecular flexibility index (Phi) is 5.76. The van der Waals surface area contributed by atoms with Crippen LogP contribution in [0.3, 0.4) is 0 Å². The Morgan fingerprint density at radius 2 is 2.12 bits per heavy atom. The molecule has 0 radical (unpaired) electrons. The van der Waals surface area contributed by atoms with E-state index in [0.717, 1.165) is 10.8 Å². The molecule has 0 aliphatic carbocycles. The van der Waals surface area contributed by atoms with Crippen LogP contribution >= 0.6 is 22.9 Å². The minimum absolute atomic E-state index is 0.154.